The number of hydrogen-bond acceptors (Lipinski definition) is 3. The van der Waals surface area contributed by atoms with Gasteiger partial charge in [-0.2, -0.15) is 0 Å². The lowest BCUT2D eigenvalue weighted by molar-refractivity contribution is 0.303. The minimum atomic E-state index is -0.166. The number of halogens is 1. The van der Waals surface area contributed by atoms with E-state index in [1.165, 1.54) is 0 Å². The van der Waals surface area contributed by atoms with Gasteiger partial charge in [-0.3, -0.25) is 9.36 Å². The third kappa shape index (κ3) is 3.58. The van der Waals surface area contributed by atoms with Crippen LogP contribution in [0.15, 0.2) is 76.1 Å². The molecule has 2 aromatic carbocycles. The SMILES string of the molecule is NCc1ccc(-n2ccc(OCc3ccccc3)c(Br)c2=O)cc1. The van der Waals surface area contributed by atoms with Gasteiger partial charge in [0.2, 0.25) is 0 Å². The van der Waals surface area contributed by atoms with Gasteiger partial charge >= 0.3 is 0 Å². The van der Waals surface area contributed by atoms with Gasteiger partial charge in [0.1, 0.15) is 16.8 Å². The molecule has 3 rings (SSSR count). The van der Waals surface area contributed by atoms with Gasteiger partial charge in [0.15, 0.2) is 0 Å². The highest BCUT2D eigenvalue weighted by Gasteiger charge is 2.10. The molecular formula is C19H17BrN2O2. The summed E-state index contributed by atoms with van der Waals surface area (Å²) in [4.78, 5) is 12.6. The van der Waals surface area contributed by atoms with E-state index in [9.17, 15) is 4.79 Å². The maximum absolute atomic E-state index is 12.6. The predicted molar refractivity (Wildman–Crippen MR) is 98.4 cm³/mol. The molecule has 0 bridgehead atoms. The van der Waals surface area contributed by atoms with Gasteiger partial charge in [-0.25, -0.2) is 0 Å². The maximum Gasteiger partial charge on any atom is 0.273 e. The molecule has 0 aliphatic heterocycles. The molecule has 0 atom stereocenters. The van der Waals surface area contributed by atoms with E-state index in [1.54, 1.807) is 16.8 Å². The Kier molecular flexibility index (Phi) is 5.13. The topological polar surface area (TPSA) is 57.2 Å². The van der Waals surface area contributed by atoms with E-state index in [0.717, 1.165) is 16.8 Å². The van der Waals surface area contributed by atoms with Crippen molar-refractivity contribution < 1.29 is 4.74 Å². The third-order valence-electron chi connectivity index (χ3n) is 3.69. The number of benzene rings is 2. The molecule has 0 saturated carbocycles. The summed E-state index contributed by atoms with van der Waals surface area (Å²) in [5, 5.41) is 0. The van der Waals surface area contributed by atoms with E-state index in [4.69, 9.17) is 10.5 Å². The maximum atomic E-state index is 12.6. The molecule has 4 nitrogen and oxygen atoms in total. The van der Waals surface area contributed by atoms with Crippen LogP contribution in [0, 0.1) is 0 Å². The van der Waals surface area contributed by atoms with Crippen LogP contribution in [-0.4, -0.2) is 4.57 Å². The Hall–Kier alpha value is -2.37. The first-order chi connectivity index (χ1) is 11.7. The molecule has 0 radical (unpaired) electrons. The molecular weight excluding hydrogens is 368 g/mol. The summed E-state index contributed by atoms with van der Waals surface area (Å²) in [7, 11) is 0. The predicted octanol–water partition coefficient (Wildman–Crippen LogP) is 3.64. The Morgan fingerprint density at radius 2 is 1.67 bits per heavy atom. The van der Waals surface area contributed by atoms with Gasteiger partial charge in [0.25, 0.3) is 5.56 Å². The van der Waals surface area contributed by atoms with Crippen LogP contribution in [-0.2, 0) is 13.2 Å². The molecule has 24 heavy (non-hydrogen) atoms. The highest BCUT2D eigenvalue weighted by atomic mass is 79.9. The normalized spacial score (nSPS) is 10.6. The monoisotopic (exact) mass is 384 g/mol. The fraction of sp³-hybridized carbons (Fsp3) is 0.105. The van der Waals surface area contributed by atoms with E-state index in [2.05, 4.69) is 15.9 Å². The molecule has 0 aliphatic rings. The van der Waals surface area contributed by atoms with Crippen LogP contribution in [0.4, 0.5) is 0 Å². The van der Waals surface area contributed by atoms with Crippen molar-refractivity contribution >= 4 is 15.9 Å². The smallest absolute Gasteiger partial charge is 0.273 e. The molecule has 1 aromatic heterocycles. The van der Waals surface area contributed by atoms with Crippen LogP contribution < -0.4 is 16.0 Å². The Bertz CT molecular complexity index is 874. The van der Waals surface area contributed by atoms with Gasteiger partial charge in [-0.1, -0.05) is 42.5 Å². The molecule has 3 aromatic rings. The number of nitrogens with two attached hydrogens (primary N) is 1. The molecule has 0 fully saturated rings. The van der Waals surface area contributed by atoms with E-state index < -0.39 is 0 Å². The highest BCUT2D eigenvalue weighted by Crippen LogP contribution is 2.22. The minimum absolute atomic E-state index is 0.166. The van der Waals surface area contributed by atoms with E-state index in [-0.39, 0.29) is 5.56 Å². The van der Waals surface area contributed by atoms with Gasteiger partial charge in [-0.05, 0) is 45.3 Å². The second kappa shape index (κ2) is 7.47. The number of hydrogen-bond donors (Lipinski definition) is 1. The number of nitrogens with zero attached hydrogens (tertiary/aromatic N) is 1. The second-order valence-electron chi connectivity index (χ2n) is 5.31. The lowest BCUT2D eigenvalue weighted by Crippen LogP contribution is -2.19. The zero-order valence-corrected chi connectivity index (χ0v) is 14.6. The molecule has 122 valence electrons. The van der Waals surface area contributed by atoms with Crippen LogP contribution in [0.2, 0.25) is 0 Å². The standard InChI is InChI=1S/C19H17BrN2O2/c20-18-17(24-13-15-4-2-1-3-5-15)10-11-22(19(18)23)16-8-6-14(12-21)7-9-16/h1-11H,12-13,21H2. The van der Waals surface area contributed by atoms with Gasteiger partial charge in [0, 0.05) is 18.4 Å². The number of rotatable bonds is 5. The Labute approximate surface area is 148 Å². The Balaban J connectivity index is 1.84. The van der Waals surface area contributed by atoms with Crippen LogP contribution in [0.5, 0.6) is 5.75 Å². The Morgan fingerprint density at radius 3 is 2.33 bits per heavy atom. The highest BCUT2D eigenvalue weighted by molar-refractivity contribution is 9.10. The third-order valence-corrected chi connectivity index (χ3v) is 4.42. The van der Waals surface area contributed by atoms with Gasteiger partial charge in [0.05, 0.1) is 0 Å². The van der Waals surface area contributed by atoms with Gasteiger partial charge < -0.3 is 10.5 Å². The molecule has 0 amide bonds. The largest absolute Gasteiger partial charge is 0.487 e. The molecule has 0 spiro atoms. The summed E-state index contributed by atoms with van der Waals surface area (Å²) in [5.74, 6) is 0.527. The molecule has 2 N–H and O–H groups in total. The lowest BCUT2D eigenvalue weighted by atomic mass is 10.2. The van der Waals surface area contributed by atoms with Crippen molar-refractivity contribution in [3.8, 4) is 11.4 Å². The summed E-state index contributed by atoms with van der Waals surface area (Å²) in [6.45, 7) is 0.888. The summed E-state index contributed by atoms with van der Waals surface area (Å²) in [5.41, 5.74) is 8.29. The van der Waals surface area contributed by atoms with Crippen molar-refractivity contribution in [2.75, 3.05) is 0 Å². The van der Waals surface area contributed by atoms with Crippen molar-refractivity contribution in [3.05, 3.63) is 92.8 Å². The first-order valence-electron chi connectivity index (χ1n) is 7.56. The van der Waals surface area contributed by atoms with Gasteiger partial charge in [-0.15, -0.1) is 0 Å². The quantitative estimate of drug-likeness (QED) is 0.730. The van der Waals surface area contributed by atoms with Crippen molar-refractivity contribution in [2.45, 2.75) is 13.2 Å². The Morgan fingerprint density at radius 1 is 0.958 bits per heavy atom. The van der Waals surface area contributed by atoms with Crippen LogP contribution in [0.3, 0.4) is 0 Å². The molecule has 0 aliphatic carbocycles. The zero-order chi connectivity index (χ0) is 16.9. The summed E-state index contributed by atoms with van der Waals surface area (Å²) >= 11 is 3.35. The summed E-state index contributed by atoms with van der Waals surface area (Å²) in [6.07, 6.45) is 1.71. The van der Waals surface area contributed by atoms with Crippen molar-refractivity contribution in [3.63, 3.8) is 0 Å². The van der Waals surface area contributed by atoms with Crippen LogP contribution in [0.1, 0.15) is 11.1 Å². The van der Waals surface area contributed by atoms with Crippen LogP contribution >= 0.6 is 15.9 Å². The first kappa shape index (κ1) is 16.5. The summed E-state index contributed by atoms with van der Waals surface area (Å²) < 4.78 is 7.73. The summed E-state index contributed by atoms with van der Waals surface area (Å²) in [6, 6.07) is 19.2. The number of ether oxygens (including phenoxy) is 1. The lowest BCUT2D eigenvalue weighted by Gasteiger charge is -2.11. The number of pyridine rings is 1. The fourth-order valence-corrected chi connectivity index (χ4v) is 2.77. The van der Waals surface area contributed by atoms with E-state index in [1.807, 2.05) is 54.6 Å². The fourth-order valence-electron chi connectivity index (χ4n) is 2.34. The molecule has 0 unspecified atom stereocenters. The second-order valence-corrected chi connectivity index (χ2v) is 6.11. The molecule has 5 heteroatoms. The first-order valence-corrected chi connectivity index (χ1v) is 8.35. The minimum Gasteiger partial charge on any atom is -0.487 e. The van der Waals surface area contributed by atoms with Crippen LogP contribution in [0.25, 0.3) is 5.69 Å². The average Bonchev–Trinajstić information content (AvgIpc) is 2.64. The average molecular weight is 385 g/mol. The van der Waals surface area contributed by atoms with E-state index >= 15 is 0 Å². The molecule has 0 saturated heterocycles. The van der Waals surface area contributed by atoms with Crippen molar-refractivity contribution in [1.29, 1.82) is 0 Å². The van der Waals surface area contributed by atoms with Crippen molar-refractivity contribution in [2.24, 2.45) is 5.73 Å². The van der Waals surface area contributed by atoms with E-state index in [0.29, 0.717) is 23.4 Å². The van der Waals surface area contributed by atoms with Crippen molar-refractivity contribution in [1.82, 2.24) is 4.57 Å². The zero-order valence-electron chi connectivity index (χ0n) is 13.0. The molecule has 1 heterocycles. The number of aromatic nitrogens is 1.